The van der Waals surface area contributed by atoms with Gasteiger partial charge in [-0.3, -0.25) is 4.90 Å². The molecule has 2 nitrogen and oxygen atoms in total. The van der Waals surface area contributed by atoms with Gasteiger partial charge < -0.3 is 5.73 Å². The van der Waals surface area contributed by atoms with Crippen molar-refractivity contribution in [3.8, 4) is 0 Å². The number of hydrogen-bond acceptors (Lipinski definition) is 3. The highest BCUT2D eigenvalue weighted by atomic mass is 32.1. The average Bonchev–Trinajstić information content (AvgIpc) is 2.77. The molecule has 2 N–H and O–H groups in total. The summed E-state index contributed by atoms with van der Waals surface area (Å²) in [5.41, 5.74) is 6.23. The molecule has 0 spiro atoms. The van der Waals surface area contributed by atoms with Crippen molar-refractivity contribution in [2.45, 2.75) is 51.7 Å². The highest BCUT2D eigenvalue weighted by molar-refractivity contribution is 7.10. The lowest BCUT2D eigenvalue weighted by atomic mass is 9.89. The molecule has 0 saturated carbocycles. The van der Waals surface area contributed by atoms with Crippen LogP contribution in [0.25, 0.3) is 0 Å². The number of piperidine rings is 1. The van der Waals surface area contributed by atoms with Crippen molar-refractivity contribution in [3.63, 3.8) is 0 Å². The lowest BCUT2D eigenvalue weighted by Crippen LogP contribution is -2.49. The second-order valence-electron chi connectivity index (χ2n) is 5.42. The molecule has 0 radical (unpaired) electrons. The van der Waals surface area contributed by atoms with E-state index in [0.29, 0.717) is 12.1 Å². The van der Waals surface area contributed by atoms with Crippen LogP contribution in [-0.4, -0.2) is 23.5 Å². The van der Waals surface area contributed by atoms with E-state index in [9.17, 15) is 0 Å². The molecule has 2 rings (SSSR count). The largest absolute Gasteiger partial charge is 0.326 e. The Morgan fingerprint density at radius 1 is 1.47 bits per heavy atom. The predicted molar refractivity (Wildman–Crippen MR) is 75.3 cm³/mol. The Hall–Kier alpha value is -0.380. The molecule has 1 aromatic rings. The maximum atomic E-state index is 6.23. The molecule has 0 aromatic carbocycles. The van der Waals surface area contributed by atoms with Gasteiger partial charge in [0.05, 0.1) is 6.04 Å². The monoisotopic (exact) mass is 252 g/mol. The second-order valence-corrected chi connectivity index (χ2v) is 6.40. The molecular weight excluding hydrogens is 228 g/mol. The van der Waals surface area contributed by atoms with Gasteiger partial charge >= 0.3 is 0 Å². The maximum absolute atomic E-state index is 6.23. The summed E-state index contributed by atoms with van der Waals surface area (Å²) in [5.74, 6) is 0.782. The topological polar surface area (TPSA) is 29.3 Å². The van der Waals surface area contributed by atoms with Gasteiger partial charge in [-0.25, -0.2) is 0 Å². The van der Waals surface area contributed by atoms with Gasteiger partial charge in [-0.2, -0.15) is 0 Å². The highest BCUT2D eigenvalue weighted by Crippen LogP contribution is 2.34. The maximum Gasteiger partial charge on any atom is 0.0593 e. The van der Waals surface area contributed by atoms with Gasteiger partial charge in [0.2, 0.25) is 0 Å². The van der Waals surface area contributed by atoms with E-state index in [1.165, 1.54) is 24.3 Å². The van der Waals surface area contributed by atoms with Crippen LogP contribution >= 0.6 is 11.3 Å². The Morgan fingerprint density at radius 2 is 2.24 bits per heavy atom. The minimum absolute atomic E-state index is 0.196. The summed E-state index contributed by atoms with van der Waals surface area (Å²) in [4.78, 5) is 4.03. The standard InChI is InChI=1S/C14H24N2S/c1-10-6-4-8-16(12(10)3)14(11(2)15)13-7-5-9-17-13/h5,7,9-12,14H,4,6,8,15H2,1-3H3. The minimum atomic E-state index is 0.196. The molecule has 3 heteroatoms. The zero-order chi connectivity index (χ0) is 12.4. The molecule has 1 saturated heterocycles. The van der Waals surface area contributed by atoms with Gasteiger partial charge in [-0.15, -0.1) is 11.3 Å². The summed E-state index contributed by atoms with van der Waals surface area (Å²) in [7, 11) is 0. The third-order valence-electron chi connectivity index (χ3n) is 4.11. The van der Waals surface area contributed by atoms with Crippen LogP contribution in [0.2, 0.25) is 0 Å². The molecule has 2 heterocycles. The summed E-state index contributed by atoms with van der Waals surface area (Å²) >= 11 is 1.83. The quantitative estimate of drug-likeness (QED) is 0.894. The fraction of sp³-hybridized carbons (Fsp3) is 0.714. The van der Waals surface area contributed by atoms with Crippen LogP contribution in [0.1, 0.15) is 44.5 Å². The zero-order valence-electron chi connectivity index (χ0n) is 11.1. The van der Waals surface area contributed by atoms with Crippen molar-refractivity contribution in [1.29, 1.82) is 0 Å². The summed E-state index contributed by atoms with van der Waals surface area (Å²) in [6.07, 6.45) is 2.66. The van der Waals surface area contributed by atoms with Crippen molar-refractivity contribution in [1.82, 2.24) is 4.90 Å². The molecule has 1 aromatic heterocycles. The van der Waals surface area contributed by atoms with Crippen LogP contribution in [-0.2, 0) is 0 Å². The first-order chi connectivity index (χ1) is 8.11. The van der Waals surface area contributed by atoms with E-state index < -0.39 is 0 Å². The van der Waals surface area contributed by atoms with Crippen molar-refractivity contribution in [2.24, 2.45) is 11.7 Å². The third kappa shape index (κ3) is 2.72. The SMILES string of the molecule is CC(N)C(c1cccs1)N1CCCC(C)C1C. The van der Waals surface area contributed by atoms with Gasteiger partial charge in [-0.1, -0.05) is 13.0 Å². The van der Waals surface area contributed by atoms with Gasteiger partial charge in [0, 0.05) is 17.0 Å². The number of nitrogens with two attached hydrogens (primary N) is 1. The first kappa shape index (κ1) is 13.1. The van der Waals surface area contributed by atoms with E-state index in [4.69, 9.17) is 5.73 Å². The van der Waals surface area contributed by atoms with Crippen molar-refractivity contribution >= 4 is 11.3 Å². The first-order valence-electron chi connectivity index (χ1n) is 6.66. The number of thiophene rings is 1. The molecule has 17 heavy (non-hydrogen) atoms. The number of likely N-dealkylation sites (tertiary alicyclic amines) is 1. The second kappa shape index (κ2) is 5.51. The van der Waals surface area contributed by atoms with E-state index in [2.05, 4.69) is 43.2 Å². The molecule has 96 valence electrons. The number of rotatable bonds is 3. The number of hydrogen-bond donors (Lipinski definition) is 1. The van der Waals surface area contributed by atoms with Crippen LogP contribution in [0, 0.1) is 5.92 Å². The minimum Gasteiger partial charge on any atom is -0.326 e. The fourth-order valence-corrected chi connectivity index (χ4v) is 3.90. The Balaban J connectivity index is 2.21. The van der Waals surface area contributed by atoms with E-state index in [0.717, 1.165) is 5.92 Å². The van der Waals surface area contributed by atoms with Crippen LogP contribution in [0.4, 0.5) is 0 Å². The summed E-state index contributed by atoms with van der Waals surface area (Å²) < 4.78 is 0. The lowest BCUT2D eigenvalue weighted by Gasteiger charge is -2.44. The first-order valence-corrected chi connectivity index (χ1v) is 7.54. The molecule has 4 atom stereocenters. The van der Waals surface area contributed by atoms with Gasteiger partial charge in [-0.05, 0) is 50.6 Å². The lowest BCUT2D eigenvalue weighted by molar-refractivity contribution is 0.0595. The fourth-order valence-electron chi connectivity index (χ4n) is 2.94. The summed E-state index contributed by atoms with van der Waals surface area (Å²) in [6.45, 7) is 8.04. The van der Waals surface area contributed by atoms with E-state index in [-0.39, 0.29) is 6.04 Å². The predicted octanol–water partition coefficient (Wildman–Crippen LogP) is 3.26. The summed E-state index contributed by atoms with van der Waals surface area (Å²) in [5, 5.41) is 2.16. The Kier molecular flexibility index (Phi) is 4.23. The van der Waals surface area contributed by atoms with Crippen LogP contribution in [0.3, 0.4) is 0 Å². The van der Waals surface area contributed by atoms with Crippen LogP contribution in [0.5, 0.6) is 0 Å². The van der Waals surface area contributed by atoms with Gasteiger partial charge in [0.25, 0.3) is 0 Å². The highest BCUT2D eigenvalue weighted by Gasteiger charge is 2.33. The van der Waals surface area contributed by atoms with Gasteiger partial charge in [0.1, 0.15) is 0 Å². The van der Waals surface area contributed by atoms with Crippen LogP contribution < -0.4 is 5.73 Å². The molecule has 1 aliphatic rings. The van der Waals surface area contributed by atoms with E-state index >= 15 is 0 Å². The smallest absolute Gasteiger partial charge is 0.0593 e. The average molecular weight is 252 g/mol. The van der Waals surface area contributed by atoms with Crippen LogP contribution in [0.15, 0.2) is 17.5 Å². The molecule has 0 aliphatic carbocycles. The van der Waals surface area contributed by atoms with Crippen molar-refractivity contribution < 1.29 is 0 Å². The number of nitrogens with zero attached hydrogens (tertiary/aromatic N) is 1. The van der Waals surface area contributed by atoms with E-state index in [1.807, 2.05) is 11.3 Å². The molecule has 1 aliphatic heterocycles. The van der Waals surface area contributed by atoms with Crippen molar-refractivity contribution in [2.75, 3.05) is 6.54 Å². The molecular formula is C14H24N2S. The summed E-state index contributed by atoms with van der Waals surface area (Å²) in [6, 6.07) is 5.59. The zero-order valence-corrected chi connectivity index (χ0v) is 11.9. The molecule has 0 bridgehead atoms. The Bertz CT molecular complexity index is 334. The Morgan fingerprint density at radius 3 is 2.82 bits per heavy atom. The molecule has 0 amide bonds. The molecule has 1 fully saturated rings. The Labute approximate surface area is 109 Å². The normalized spacial score (nSPS) is 30.1. The van der Waals surface area contributed by atoms with E-state index in [1.54, 1.807) is 0 Å². The van der Waals surface area contributed by atoms with Crippen molar-refractivity contribution in [3.05, 3.63) is 22.4 Å². The molecule has 4 unspecified atom stereocenters. The third-order valence-corrected chi connectivity index (χ3v) is 5.06. The van der Waals surface area contributed by atoms with Gasteiger partial charge in [0.15, 0.2) is 0 Å².